The molecule has 0 aliphatic carbocycles. The maximum atomic E-state index is 11.3. The predicted molar refractivity (Wildman–Crippen MR) is 453 cm³/mol. The fraction of sp³-hybridized carbons (Fsp3) is 0.495. The highest BCUT2D eigenvalue weighted by atomic mass is 32.1. The van der Waals surface area contributed by atoms with Gasteiger partial charge in [-0.05, 0) is 140 Å². The van der Waals surface area contributed by atoms with Crippen LogP contribution >= 0.6 is 22.9 Å². The summed E-state index contributed by atoms with van der Waals surface area (Å²) in [6.07, 6.45) is 61.2. The minimum atomic E-state index is -0.0272. The van der Waals surface area contributed by atoms with Gasteiger partial charge < -0.3 is 27.7 Å². The lowest BCUT2D eigenvalue weighted by atomic mass is 9.87. The number of aromatic nitrogens is 6. The average Bonchev–Trinajstić information content (AvgIpc) is 1.78. The van der Waals surface area contributed by atoms with Crippen LogP contribution in [-0.4, -0.2) is 93.4 Å². The van der Waals surface area contributed by atoms with Crippen molar-refractivity contribution in [3.8, 4) is 98.8 Å². The number of rotatable bonds is 0. The van der Waals surface area contributed by atoms with Crippen LogP contribution in [0.15, 0.2) is 113 Å². The molecule has 0 saturated heterocycles. The summed E-state index contributed by atoms with van der Waals surface area (Å²) < 4.78 is 24.1. The molecule has 582 valence electrons. The Bertz CT molecular complexity index is 4140. The maximum absolute atomic E-state index is 11.3. The third kappa shape index (κ3) is 35.2. The number of carbonyl (C=O) groups is 2. The number of allylic oxidation sites excluding steroid dienone is 3. The van der Waals surface area contributed by atoms with Gasteiger partial charge in [0, 0.05) is 91.6 Å². The van der Waals surface area contributed by atoms with E-state index in [1.807, 2.05) is 103 Å². The van der Waals surface area contributed by atoms with Gasteiger partial charge in [0.05, 0.1) is 24.1 Å². The number of oxazole rings is 2. The third-order valence-corrected chi connectivity index (χ3v) is 18.0. The molecule has 0 aromatic carbocycles. The largest absolute Gasteiger partial charge is 0.438 e. The number of aliphatic imine (C=N–C) groups is 2. The Labute approximate surface area is 663 Å². The van der Waals surface area contributed by atoms with Crippen LogP contribution in [0.2, 0.25) is 0 Å². The monoisotopic (exact) mass is 1510 g/mol. The molecule has 0 bridgehead atoms. The molecule has 10 rings (SSSR count). The molecular formula is C91H120N10O6S2. The van der Waals surface area contributed by atoms with E-state index in [1.165, 1.54) is 26.9 Å². The fourth-order valence-electron chi connectivity index (χ4n) is 8.59. The molecule has 0 N–H and O–H groups in total. The molecule has 10 heterocycles. The summed E-state index contributed by atoms with van der Waals surface area (Å²) in [7, 11) is 0. The predicted octanol–water partition coefficient (Wildman–Crippen LogP) is 19.9. The molecule has 4 aliphatic heterocycles. The highest BCUT2D eigenvalue weighted by Crippen LogP contribution is 2.32. The van der Waals surface area contributed by atoms with Crippen molar-refractivity contribution < 1.29 is 27.5 Å². The first kappa shape index (κ1) is 96.8. The summed E-state index contributed by atoms with van der Waals surface area (Å²) in [5, 5.41) is 8.15. The molecule has 2 amide bonds. The molecule has 4 aliphatic rings. The Balaban J connectivity index is 0.000000606. The van der Waals surface area contributed by atoms with Crippen LogP contribution in [0.3, 0.4) is 0 Å². The Kier molecular flexibility index (Phi) is 36.8. The van der Waals surface area contributed by atoms with E-state index in [0.717, 1.165) is 83.1 Å². The highest BCUT2D eigenvalue weighted by Gasteiger charge is 2.29. The van der Waals surface area contributed by atoms with E-state index in [0.29, 0.717) is 23.2 Å². The van der Waals surface area contributed by atoms with E-state index in [2.05, 4.69) is 238 Å². The van der Waals surface area contributed by atoms with Crippen LogP contribution in [0, 0.1) is 110 Å². The van der Waals surface area contributed by atoms with Crippen molar-refractivity contribution in [3.63, 3.8) is 0 Å². The SMILES string of the molecule is C#CC1=NC(C(C)(C)C)=CC1.C#CC1=NCC(C(C)(C)C)=C1.C#Cc1cc(C(C)(C)C)on1.C#Cc1cc(C(C)(C)C)sn1.C#Cc1nc(C(C)(C)C)co1.C#Cc1ncc(C(C)(C)C)o1.C#Cc1ncc(C(C)(C)C)s1.C#Cc1nocc1C(C)(C)C.CC(C)(C)N1CC=CC1=O.CC(C)(C)N1CCC=CC1=O. The lowest BCUT2D eigenvalue weighted by Gasteiger charge is -2.36. The number of hydrogen-bond acceptors (Lipinski definition) is 16. The van der Waals surface area contributed by atoms with E-state index in [-0.39, 0.29) is 66.2 Å². The van der Waals surface area contributed by atoms with Crippen molar-refractivity contribution in [2.24, 2.45) is 20.8 Å². The quantitative estimate of drug-likeness (QED) is 0.131. The Hall–Kier alpha value is -10.2. The smallest absolute Gasteiger partial charge is 0.273 e. The molecule has 0 unspecified atom stereocenters. The van der Waals surface area contributed by atoms with E-state index in [1.54, 1.807) is 48.3 Å². The number of hydrogen-bond donors (Lipinski definition) is 0. The van der Waals surface area contributed by atoms with Gasteiger partial charge in [-0.3, -0.25) is 14.6 Å². The summed E-state index contributed by atoms with van der Waals surface area (Å²) in [4.78, 5) is 49.1. The summed E-state index contributed by atoms with van der Waals surface area (Å²) in [6.45, 7) is 65.3. The van der Waals surface area contributed by atoms with Gasteiger partial charge in [-0.2, -0.15) is 4.37 Å². The van der Waals surface area contributed by atoms with Crippen LogP contribution in [-0.2, 0) is 42.1 Å². The van der Waals surface area contributed by atoms with Crippen LogP contribution in [0.25, 0.3) is 0 Å². The van der Waals surface area contributed by atoms with Crippen LogP contribution in [0.5, 0.6) is 0 Å². The standard InChI is InChI=1S/2C10H13N.C9H15NO.4C9H11NO.2C9H11NS.C8H13NO/c1-5-9-6-8(7-11-9)10(2,3)4;1-5-8-6-7-9(11-8)10(2,3)4;1-9(2,3)10-7-5-4-6-8(10)11;1-5-8-10-7(6-11-8)9(2,3)4;1-5-8-10-6-7(11-8)9(2,3)4;1-5-8-7(6-11-10-8)9(2,3)4;1-5-7-6-8(11-10-7)9(2,3)4;1-5-8-10-6-7(11-8)9(2,3)4;1-5-7-6-8(11-10-7)9(2,3)4;1-8(2,3)9-6-4-5-7(9)10/h1,6H,7H2,2-4H3;1,7H,6H2,2-4H3;4,6H,5,7H2,1-3H3;6*1,6H,2-4H3;4-5H,6H2,1-3H3. The Morgan fingerprint density at radius 1 is 0.514 bits per heavy atom. The molecule has 0 saturated carbocycles. The zero-order valence-electron chi connectivity index (χ0n) is 70.8. The minimum absolute atomic E-state index is 0.0118. The number of nitrogens with zero attached hydrogens (tertiary/aromatic N) is 10. The van der Waals surface area contributed by atoms with Crippen molar-refractivity contribution >= 4 is 46.1 Å². The number of carbonyl (C=O) groups excluding carboxylic acids is 2. The van der Waals surface area contributed by atoms with E-state index in [9.17, 15) is 9.59 Å². The molecule has 0 spiro atoms. The Morgan fingerprint density at radius 3 is 1.37 bits per heavy atom. The van der Waals surface area contributed by atoms with Crippen LogP contribution in [0.1, 0.15) is 287 Å². The lowest BCUT2D eigenvalue weighted by molar-refractivity contribution is -0.131. The summed E-state index contributed by atoms with van der Waals surface area (Å²) in [5.74, 6) is 22.4. The van der Waals surface area contributed by atoms with Gasteiger partial charge in [-0.15, -0.1) is 62.7 Å². The second-order valence-corrected chi connectivity index (χ2v) is 37.4. The van der Waals surface area contributed by atoms with Gasteiger partial charge in [0.25, 0.3) is 11.8 Å². The molecule has 6 aromatic heterocycles. The van der Waals surface area contributed by atoms with Gasteiger partial charge in [0.15, 0.2) is 16.4 Å². The minimum Gasteiger partial charge on any atom is -0.438 e. The van der Waals surface area contributed by atoms with Crippen molar-refractivity contribution in [1.29, 1.82) is 0 Å². The second-order valence-electron chi connectivity index (χ2n) is 35.6. The van der Waals surface area contributed by atoms with E-state index in [4.69, 9.17) is 69.3 Å². The topological polar surface area (TPSA) is 195 Å². The third-order valence-electron chi connectivity index (χ3n) is 15.4. The first-order valence-electron chi connectivity index (χ1n) is 35.9. The molecular weight excluding hydrogens is 1390 g/mol. The zero-order valence-corrected chi connectivity index (χ0v) is 72.5. The molecule has 0 fully saturated rings. The molecule has 16 nitrogen and oxygen atoms in total. The van der Waals surface area contributed by atoms with Gasteiger partial charge in [-0.1, -0.05) is 207 Å². The summed E-state index contributed by atoms with van der Waals surface area (Å²) in [5.41, 5.74) is 8.53. The zero-order chi connectivity index (χ0) is 84.1. The number of terminal acetylenes is 8. The van der Waals surface area contributed by atoms with Gasteiger partial charge >= 0.3 is 0 Å². The first-order valence-corrected chi connectivity index (χ1v) is 37.5. The van der Waals surface area contributed by atoms with Gasteiger partial charge in [-0.25, -0.2) is 19.9 Å². The maximum Gasteiger partial charge on any atom is 0.273 e. The van der Waals surface area contributed by atoms with E-state index < -0.39 is 0 Å². The van der Waals surface area contributed by atoms with Gasteiger partial charge in [0.1, 0.15) is 35.5 Å². The van der Waals surface area contributed by atoms with Crippen molar-refractivity contribution in [1.82, 2.24) is 39.4 Å². The normalized spacial score (nSPS) is 13.9. The van der Waals surface area contributed by atoms with Crippen LogP contribution in [0.4, 0.5) is 0 Å². The molecule has 0 atom stereocenters. The molecule has 6 aromatic rings. The van der Waals surface area contributed by atoms with Crippen LogP contribution < -0.4 is 0 Å². The molecule has 0 radical (unpaired) electrons. The Morgan fingerprint density at radius 2 is 1.08 bits per heavy atom. The average molecular weight is 1510 g/mol. The second kappa shape index (κ2) is 41.4. The first-order chi connectivity index (χ1) is 49.8. The van der Waals surface area contributed by atoms with Gasteiger partial charge in [0.2, 0.25) is 11.8 Å². The van der Waals surface area contributed by atoms with E-state index >= 15 is 0 Å². The summed E-state index contributed by atoms with van der Waals surface area (Å²) in [6, 6.07) is 3.77. The van der Waals surface area contributed by atoms with Crippen molar-refractivity contribution in [2.45, 2.75) is 264 Å². The van der Waals surface area contributed by atoms with Crippen molar-refractivity contribution in [3.05, 3.63) is 151 Å². The van der Waals surface area contributed by atoms with Crippen molar-refractivity contribution in [2.75, 3.05) is 19.6 Å². The summed E-state index contributed by atoms with van der Waals surface area (Å²) >= 11 is 3.08. The fourth-order valence-corrected chi connectivity index (χ4v) is 10.1. The number of amides is 2. The number of thiazole rings is 1. The molecule has 109 heavy (non-hydrogen) atoms. The highest BCUT2D eigenvalue weighted by molar-refractivity contribution is 7.12. The molecule has 18 heteroatoms. The lowest BCUT2D eigenvalue weighted by Crippen LogP contribution is -2.46.